The van der Waals surface area contributed by atoms with Gasteiger partial charge in [0.1, 0.15) is 11.6 Å². The molecule has 0 unspecified atom stereocenters. The SMILES string of the molecule is Cc1ccnc(NC(=O)CS(=O)(=O)Cc2cccc(Br)c2)c1. The third kappa shape index (κ3) is 5.23. The van der Waals surface area contributed by atoms with Crippen LogP contribution in [-0.2, 0) is 20.4 Å². The third-order valence-electron chi connectivity index (χ3n) is 2.81. The summed E-state index contributed by atoms with van der Waals surface area (Å²) in [5.41, 5.74) is 1.57. The predicted molar refractivity (Wildman–Crippen MR) is 89.2 cm³/mol. The zero-order chi connectivity index (χ0) is 16.2. The number of pyridine rings is 1. The number of nitrogens with one attached hydrogen (secondary N) is 1. The second-order valence-electron chi connectivity index (χ2n) is 4.93. The van der Waals surface area contributed by atoms with Gasteiger partial charge in [-0.1, -0.05) is 28.1 Å². The van der Waals surface area contributed by atoms with Crippen molar-refractivity contribution in [2.75, 3.05) is 11.1 Å². The van der Waals surface area contributed by atoms with E-state index in [1.54, 1.807) is 36.5 Å². The number of hydrogen-bond acceptors (Lipinski definition) is 4. The van der Waals surface area contributed by atoms with Crippen LogP contribution in [0.2, 0.25) is 0 Å². The number of nitrogens with zero attached hydrogens (tertiary/aromatic N) is 1. The number of carbonyl (C=O) groups excluding carboxylic acids is 1. The standard InChI is InChI=1S/C15H15BrN2O3S/c1-11-5-6-17-14(7-11)18-15(19)10-22(20,21)9-12-3-2-4-13(16)8-12/h2-8H,9-10H2,1H3,(H,17,18,19). The fraction of sp³-hybridized carbons (Fsp3) is 0.200. The van der Waals surface area contributed by atoms with Crippen molar-refractivity contribution in [3.8, 4) is 0 Å². The molecule has 1 aromatic carbocycles. The number of hydrogen-bond donors (Lipinski definition) is 1. The minimum absolute atomic E-state index is 0.179. The van der Waals surface area contributed by atoms with Gasteiger partial charge in [0.2, 0.25) is 5.91 Å². The first kappa shape index (κ1) is 16.6. The van der Waals surface area contributed by atoms with E-state index < -0.39 is 21.5 Å². The van der Waals surface area contributed by atoms with Crippen molar-refractivity contribution >= 4 is 37.5 Å². The molecular formula is C15H15BrN2O3S. The van der Waals surface area contributed by atoms with Gasteiger partial charge in [-0.15, -0.1) is 0 Å². The lowest BCUT2D eigenvalue weighted by atomic mass is 10.2. The summed E-state index contributed by atoms with van der Waals surface area (Å²) >= 11 is 3.29. The number of rotatable bonds is 5. The van der Waals surface area contributed by atoms with Gasteiger partial charge < -0.3 is 5.32 Å². The van der Waals surface area contributed by atoms with Crippen molar-refractivity contribution in [3.63, 3.8) is 0 Å². The van der Waals surface area contributed by atoms with Crippen LogP contribution in [0.5, 0.6) is 0 Å². The first-order chi connectivity index (χ1) is 10.3. The molecule has 7 heteroatoms. The number of amides is 1. The summed E-state index contributed by atoms with van der Waals surface area (Å²) in [7, 11) is -3.54. The van der Waals surface area contributed by atoms with Crippen LogP contribution in [0.3, 0.4) is 0 Å². The van der Waals surface area contributed by atoms with E-state index in [4.69, 9.17) is 0 Å². The van der Waals surface area contributed by atoms with Gasteiger partial charge in [-0.2, -0.15) is 0 Å². The normalized spacial score (nSPS) is 11.2. The van der Waals surface area contributed by atoms with E-state index in [0.717, 1.165) is 10.0 Å². The molecule has 2 aromatic rings. The topological polar surface area (TPSA) is 76.1 Å². The Morgan fingerprint density at radius 3 is 2.73 bits per heavy atom. The molecule has 116 valence electrons. The molecule has 0 saturated carbocycles. The van der Waals surface area contributed by atoms with E-state index in [1.807, 2.05) is 13.0 Å². The summed E-state index contributed by atoms with van der Waals surface area (Å²) in [4.78, 5) is 15.8. The average Bonchev–Trinajstić information content (AvgIpc) is 2.36. The van der Waals surface area contributed by atoms with Gasteiger partial charge in [0.15, 0.2) is 9.84 Å². The minimum Gasteiger partial charge on any atom is -0.310 e. The highest BCUT2D eigenvalue weighted by Crippen LogP contribution is 2.14. The smallest absolute Gasteiger partial charge is 0.240 e. The Morgan fingerprint density at radius 1 is 1.27 bits per heavy atom. The van der Waals surface area contributed by atoms with Crippen molar-refractivity contribution < 1.29 is 13.2 Å². The Balaban J connectivity index is 2.00. The minimum atomic E-state index is -3.54. The monoisotopic (exact) mass is 382 g/mol. The molecule has 0 aliphatic carbocycles. The Labute approximate surface area is 137 Å². The Kier molecular flexibility index (Phi) is 5.31. The summed E-state index contributed by atoms with van der Waals surface area (Å²) < 4.78 is 25.0. The number of carbonyl (C=O) groups is 1. The summed E-state index contributed by atoms with van der Waals surface area (Å²) in [6, 6.07) is 10.5. The molecule has 1 N–H and O–H groups in total. The molecule has 0 aliphatic rings. The molecule has 0 bridgehead atoms. The van der Waals surface area contributed by atoms with Crippen LogP contribution >= 0.6 is 15.9 Å². The summed E-state index contributed by atoms with van der Waals surface area (Å²) in [5.74, 6) is -0.994. The molecule has 0 aliphatic heterocycles. The van der Waals surface area contributed by atoms with E-state index >= 15 is 0 Å². The Hall–Kier alpha value is -1.73. The van der Waals surface area contributed by atoms with Crippen LogP contribution in [0.25, 0.3) is 0 Å². The summed E-state index contributed by atoms with van der Waals surface area (Å²) in [6.07, 6.45) is 1.56. The van der Waals surface area contributed by atoms with Crippen LogP contribution in [0.4, 0.5) is 5.82 Å². The van der Waals surface area contributed by atoms with Gasteiger partial charge in [0, 0.05) is 10.7 Å². The molecule has 0 spiro atoms. The largest absolute Gasteiger partial charge is 0.310 e. The molecule has 1 aromatic heterocycles. The first-order valence-corrected chi connectivity index (χ1v) is 9.13. The summed E-state index contributed by atoms with van der Waals surface area (Å²) in [5, 5.41) is 2.50. The third-order valence-corrected chi connectivity index (χ3v) is 4.78. The fourth-order valence-electron chi connectivity index (χ4n) is 1.91. The molecule has 0 radical (unpaired) electrons. The Morgan fingerprint density at radius 2 is 2.05 bits per heavy atom. The molecule has 1 heterocycles. The van der Waals surface area contributed by atoms with E-state index in [-0.39, 0.29) is 5.75 Å². The lowest BCUT2D eigenvalue weighted by Crippen LogP contribution is -2.24. The predicted octanol–water partition coefficient (Wildman–Crippen LogP) is 2.71. The van der Waals surface area contributed by atoms with Crippen molar-refractivity contribution in [1.29, 1.82) is 0 Å². The second-order valence-corrected chi connectivity index (χ2v) is 7.91. The zero-order valence-electron chi connectivity index (χ0n) is 11.9. The molecule has 2 rings (SSSR count). The van der Waals surface area contributed by atoms with Crippen LogP contribution in [0.1, 0.15) is 11.1 Å². The first-order valence-electron chi connectivity index (χ1n) is 6.51. The fourth-order valence-corrected chi connectivity index (χ4v) is 3.62. The lowest BCUT2D eigenvalue weighted by molar-refractivity contribution is -0.113. The summed E-state index contributed by atoms with van der Waals surface area (Å²) in [6.45, 7) is 1.86. The second kappa shape index (κ2) is 7.02. The molecule has 0 atom stereocenters. The van der Waals surface area contributed by atoms with Gasteiger partial charge in [-0.05, 0) is 42.3 Å². The van der Waals surface area contributed by atoms with Crippen LogP contribution in [0.15, 0.2) is 47.1 Å². The van der Waals surface area contributed by atoms with Gasteiger partial charge in [0.25, 0.3) is 0 Å². The van der Waals surface area contributed by atoms with E-state index in [1.165, 1.54) is 0 Å². The zero-order valence-corrected chi connectivity index (χ0v) is 14.3. The Bertz CT molecular complexity index is 791. The number of anilines is 1. The van der Waals surface area contributed by atoms with E-state index in [2.05, 4.69) is 26.2 Å². The average molecular weight is 383 g/mol. The molecule has 5 nitrogen and oxygen atoms in total. The number of aryl methyl sites for hydroxylation is 1. The molecule has 22 heavy (non-hydrogen) atoms. The van der Waals surface area contributed by atoms with Crippen molar-refractivity contribution in [1.82, 2.24) is 4.98 Å². The highest BCUT2D eigenvalue weighted by Gasteiger charge is 2.18. The van der Waals surface area contributed by atoms with Crippen molar-refractivity contribution in [3.05, 3.63) is 58.2 Å². The highest BCUT2D eigenvalue weighted by molar-refractivity contribution is 9.10. The number of aromatic nitrogens is 1. The maximum Gasteiger partial charge on any atom is 0.240 e. The van der Waals surface area contributed by atoms with E-state index in [0.29, 0.717) is 11.4 Å². The van der Waals surface area contributed by atoms with Gasteiger partial charge >= 0.3 is 0 Å². The van der Waals surface area contributed by atoms with Crippen LogP contribution in [0, 0.1) is 6.92 Å². The maximum atomic E-state index is 12.1. The number of benzene rings is 1. The molecular weight excluding hydrogens is 368 g/mol. The quantitative estimate of drug-likeness (QED) is 0.862. The van der Waals surface area contributed by atoms with Crippen molar-refractivity contribution in [2.45, 2.75) is 12.7 Å². The number of sulfone groups is 1. The molecule has 0 saturated heterocycles. The molecule has 0 fully saturated rings. The maximum absolute atomic E-state index is 12.1. The lowest BCUT2D eigenvalue weighted by Gasteiger charge is -2.07. The highest BCUT2D eigenvalue weighted by atomic mass is 79.9. The van der Waals surface area contributed by atoms with E-state index in [9.17, 15) is 13.2 Å². The van der Waals surface area contributed by atoms with Gasteiger partial charge in [0.05, 0.1) is 5.75 Å². The van der Waals surface area contributed by atoms with Crippen LogP contribution in [-0.4, -0.2) is 25.1 Å². The number of halogens is 1. The molecule has 1 amide bonds. The van der Waals surface area contributed by atoms with Crippen molar-refractivity contribution in [2.24, 2.45) is 0 Å². The van der Waals surface area contributed by atoms with Gasteiger partial charge in [-0.25, -0.2) is 13.4 Å². The van der Waals surface area contributed by atoms with Gasteiger partial charge in [-0.3, -0.25) is 4.79 Å². The van der Waals surface area contributed by atoms with Crippen LogP contribution < -0.4 is 5.32 Å².